The molecule has 0 aromatic carbocycles. The molecule has 2 atom stereocenters. The van der Waals surface area contributed by atoms with E-state index in [0.717, 1.165) is 5.82 Å². The van der Waals surface area contributed by atoms with Crippen molar-refractivity contribution in [3.05, 3.63) is 0 Å². The van der Waals surface area contributed by atoms with Crippen molar-refractivity contribution in [3.63, 3.8) is 0 Å². The van der Waals surface area contributed by atoms with E-state index < -0.39 is 0 Å². The van der Waals surface area contributed by atoms with Crippen LogP contribution in [0.25, 0.3) is 0 Å². The molecule has 0 fully saturated rings. The average Bonchev–Trinajstić information content (AvgIpc) is 2.26. The minimum absolute atomic E-state index is 0.624. The minimum Gasteiger partial charge on any atom is -0.0700 e. The molecule has 0 saturated carbocycles. The van der Waals surface area contributed by atoms with Crippen molar-refractivity contribution in [2.24, 2.45) is 5.41 Å². The highest BCUT2D eigenvalue weighted by Gasteiger charge is 2.21. The number of hydrogen-bond donors (Lipinski definition) is 0. The molecule has 15 heavy (non-hydrogen) atoms. The summed E-state index contributed by atoms with van der Waals surface area (Å²) in [7, 11) is 2.39. The summed E-state index contributed by atoms with van der Waals surface area (Å²) in [6, 6.07) is 0. The second kappa shape index (κ2) is 8.24. The van der Waals surface area contributed by atoms with E-state index >= 15 is 0 Å². The van der Waals surface area contributed by atoms with Crippen LogP contribution in [0, 0.1) is 5.41 Å². The van der Waals surface area contributed by atoms with Gasteiger partial charge in [0.1, 0.15) is 7.85 Å². The summed E-state index contributed by atoms with van der Waals surface area (Å²) in [5.41, 5.74) is 0.624. The zero-order chi connectivity index (χ0) is 11.7. The van der Waals surface area contributed by atoms with Crippen LogP contribution in [0.2, 0.25) is 5.82 Å². The Morgan fingerprint density at radius 3 is 2.20 bits per heavy atom. The van der Waals surface area contributed by atoms with Gasteiger partial charge in [-0.1, -0.05) is 72.0 Å². The highest BCUT2D eigenvalue weighted by atomic mass is 14.3. The highest BCUT2D eigenvalue weighted by molar-refractivity contribution is 6.11. The lowest BCUT2D eigenvalue weighted by atomic mass is 9.72. The third-order valence-electron chi connectivity index (χ3n) is 4.18. The lowest BCUT2D eigenvalue weighted by molar-refractivity contribution is 0.242. The predicted molar refractivity (Wildman–Crippen MR) is 74.4 cm³/mol. The maximum atomic E-state index is 2.49. The van der Waals surface area contributed by atoms with Crippen LogP contribution in [0.5, 0.6) is 0 Å². The molecule has 0 aromatic heterocycles. The Hall–Kier alpha value is 0.0649. The Bertz CT molecular complexity index is 144. The quantitative estimate of drug-likeness (QED) is 0.385. The van der Waals surface area contributed by atoms with Crippen molar-refractivity contribution in [3.8, 4) is 0 Å². The molecule has 1 heteroatoms. The molecule has 0 heterocycles. The van der Waals surface area contributed by atoms with E-state index in [1.54, 1.807) is 0 Å². The summed E-state index contributed by atoms with van der Waals surface area (Å²) in [6.45, 7) is 9.46. The van der Waals surface area contributed by atoms with E-state index in [2.05, 4.69) is 35.5 Å². The summed E-state index contributed by atoms with van der Waals surface area (Å²) in [6.07, 6.45) is 11.2. The van der Waals surface area contributed by atoms with Gasteiger partial charge in [-0.25, -0.2) is 0 Å². The molecule has 2 unspecified atom stereocenters. The molecule has 0 aliphatic carbocycles. The molecule has 0 aliphatic rings. The fourth-order valence-corrected chi connectivity index (χ4v) is 2.08. The van der Waals surface area contributed by atoms with E-state index in [4.69, 9.17) is 0 Å². The molecule has 0 aromatic rings. The van der Waals surface area contributed by atoms with Crippen LogP contribution in [-0.2, 0) is 0 Å². The van der Waals surface area contributed by atoms with Gasteiger partial charge in [0.15, 0.2) is 0 Å². The summed E-state index contributed by atoms with van der Waals surface area (Å²) in [5, 5.41) is 0. The van der Waals surface area contributed by atoms with Gasteiger partial charge in [0.25, 0.3) is 0 Å². The maximum Gasteiger partial charge on any atom is 0.105 e. The molecule has 0 nitrogen and oxygen atoms in total. The van der Waals surface area contributed by atoms with Crippen molar-refractivity contribution in [2.45, 2.75) is 84.9 Å². The van der Waals surface area contributed by atoms with Crippen LogP contribution in [0.15, 0.2) is 0 Å². The zero-order valence-electron chi connectivity index (χ0n) is 11.7. The van der Waals surface area contributed by atoms with Crippen LogP contribution in [0.1, 0.15) is 79.1 Å². The molecule has 0 saturated heterocycles. The first-order valence-corrected chi connectivity index (χ1v) is 7.08. The van der Waals surface area contributed by atoms with Crippen LogP contribution < -0.4 is 0 Å². The highest BCUT2D eigenvalue weighted by Crippen LogP contribution is 2.35. The molecule has 0 amide bonds. The van der Waals surface area contributed by atoms with Gasteiger partial charge in [0.05, 0.1) is 0 Å². The van der Waals surface area contributed by atoms with E-state index in [-0.39, 0.29) is 0 Å². The minimum atomic E-state index is 0.624. The monoisotopic (exact) mass is 210 g/mol. The fraction of sp³-hybridized carbons (Fsp3) is 1.00. The van der Waals surface area contributed by atoms with Crippen molar-refractivity contribution >= 4 is 7.85 Å². The topological polar surface area (TPSA) is 0 Å². The van der Waals surface area contributed by atoms with Crippen LogP contribution in [0.3, 0.4) is 0 Å². The molecule has 90 valence electrons. The predicted octanol–water partition coefficient (Wildman–Crippen LogP) is 4.59. The Labute approximate surface area is 98.6 Å². The fourth-order valence-electron chi connectivity index (χ4n) is 2.08. The van der Waals surface area contributed by atoms with Crippen LogP contribution >= 0.6 is 0 Å². The van der Waals surface area contributed by atoms with E-state index in [9.17, 15) is 0 Å². The Kier molecular flexibility index (Phi) is 8.28. The van der Waals surface area contributed by atoms with E-state index in [1.165, 1.54) is 51.4 Å². The molecule has 0 spiro atoms. The molecule has 0 N–H and O–H groups in total. The van der Waals surface area contributed by atoms with Gasteiger partial charge in [-0.3, -0.25) is 0 Å². The molecule has 0 bridgehead atoms. The molecular formula is C14H31B. The van der Waals surface area contributed by atoms with Crippen LogP contribution in [-0.4, -0.2) is 7.85 Å². The molecule has 0 aliphatic heterocycles. The van der Waals surface area contributed by atoms with E-state index in [1.807, 2.05) is 0 Å². The largest absolute Gasteiger partial charge is 0.105 e. The van der Waals surface area contributed by atoms with Gasteiger partial charge in [-0.15, -0.1) is 0 Å². The first-order chi connectivity index (χ1) is 7.08. The summed E-state index contributed by atoms with van der Waals surface area (Å²) in [4.78, 5) is 0. The number of rotatable bonds is 9. The van der Waals surface area contributed by atoms with Gasteiger partial charge in [-0.05, 0) is 18.3 Å². The normalized spacial score (nSPS) is 17.3. The summed E-state index contributed by atoms with van der Waals surface area (Å²) in [5.74, 6) is 0.919. The first-order valence-electron chi connectivity index (χ1n) is 7.08. The number of unbranched alkanes of at least 4 members (excludes halogenated alkanes) is 2. The summed E-state index contributed by atoms with van der Waals surface area (Å²) < 4.78 is 0. The Morgan fingerprint density at radius 2 is 1.73 bits per heavy atom. The zero-order valence-corrected chi connectivity index (χ0v) is 11.7. The van der Waals surface area contributed by atoms with Gasteiger partial charge in [0, 0.05) is 0 Å². The second-order valence-corrected chi connectivity index (χ2v) is 5.67. The maximum absolute atomic E-state index is 2.49. The standard InChI is InChI=1S/C14H31B/c1-5-8-9-11-14(4,7-3)12-10-13(15)6-2/h13H,5-12,15H2,1-4H3. The average molecular weight is 210 g/mol. The second-order valence-electron chi connectivity index (χ2n) is 5.67. The van der Waals surface area contributed by atoms with Crippen molar-refractivity contribution < 1.29 is 0 Å². The number of hydrogen-bond acceptors (Lipinski definition) is 0. The summed E-state index contributed by atoms with van der Waals surface area (Å²) >= 11 is 0. The van der Waals surface area contributed by atoms with Gasteiger partial charge >= 0.3 is 0 Å². The lowest BCUT2D eigenvalue weighted by Gasteiger charge is -2.29. The Balaban J connectivity index is 3.84. The van der Waals surface area contributed by atoms with Crippen molar-refractivity contribution in [1.29, 1.82) is 0 Å². The smallest absolute Gasteiger partial charge is 0.0700 e. The molecular weight excluding hydrogens is 179 g/mol. The third kappa shape index (κ3) is 7.03. The SMILES string of the molecule is BC(CC)CCC(C)(CC)CCCCC. The van der Waals surface area contributed by atoms with Gasteiger partial charge in [0.2, 0.25) is 0 Å². The van der Waals surface area contributed by atoms with Gasteiger partial charge < -0.3 is 0 Å². The third-order valence-corrected chi connectivity index (χ3v) is 4.18. The van der Waals surface area contributed by atoms with Gasteiger partial charge in [-0.2, -0.15) is 0 Å². The molecule has 0 rings (SSSR count). The lowest BCUT2D eigenvalue weighted by Crippen LogP contribution is -2.16. The first kappa shape index (κ1) is 15.1. The van der Waals surface area contributed by atoms with Crippen molar-refractivity contribution in [1.82, 2.24) is 0 Å². The van der Waals surface area contributed by atoms with E-state index in [0.29, 0.717) is 5.41 Å². The van der Waals surface area contributed by atoms with Crippen molar-refractivity contribution in [2.75, 3.05) is 0 Å². The van der Waals surface area contributed by atoms with Crippen LogP contribution in [0.4, 0.5) is 0 Å². The Morgan fingerprint density at radius 1 is 1.07 bits per heavy atom. The molecule has 0 radical (unpaired) electrons.